The topological polar surface area (TPSA) is 130 Å². The third-order valence-electron chi connectivity index (χ3n) is 9.22. The number of pyridine rings is 2. The van der Waals surface area contributed by atoms with Crippen LogP contribution in [0.25, 0.3) is 22.1 Å². The summed E-state index contributed by atoms with van der Waals surface area (Å²) in [7, 11) is 1.76. The minimum absolute atomic E-state index is 0.0998. The minimum atomic E-state index is -0.956. The van der Waals surface area contributed by atoms with Crippen LogP contribution in [0.3, 0.4) is 0 Å². The number of hydrogen-bond acceptors (Lipinski definition) is 7. The van der Waals surface area contributed by atoms with Gasteiger partial charge < -0.3 is 29.0 Å². The number of carboxylic acid groups (broad SMARTS) is 1. The van der Waals surface area contributed by atoms with E-state index in [1.165, 1.54) is 12.8 Å². The van der Waals surface area contributed by atoms with Crippen LogP contribution in [0.5, 0.6) is 5.75 Å². The molecule has 1 aliphatic heterocycles. The van der Waals surface area contributed by atoms with Crippen molar-refractivity contribution in [3.8, 4) is 16.9 Å². The molecule has 2 N–H and O–H groups in total. The van der Waals surface area contributed by atoms with E-state index in [0.29, 0.717) is 61.8 Å². The van der Waals surface area contributed by atoms with Gasteiger partial charge in [-0.2, -0.15) is 0 Å². The molecule has 11 nitrogen and oxygen atoms in total. The lowest BCUT2D eigenvalue weighted by molar-refractivity contribution is -0.134. The fraction of sp³-hybridized carbons (Fsp3) is 0.600. The molecule has 2 fully saturated rings. The molecule has 0 unspecified atom stereocenters. The number of nitrogens with zero attached hydrogens (tertiary/aromatic N) is 4. The molecule has 4 heterocycles. The van der Waals surface area contributed by atoms with Crippen LogP contribution in [-0.2, 0) is 18.4 Å². The summed E-state index contributed by atoms with van der Waals surface area (Å²) in [4.78, 5) is 45.1. The number of unbranched alkanes of at least 4 members (excludes halogenated alkanes) is 7. The molecular formula is C35H49N5O6. The van der Waals surface area contributed by atoms with Gasteiger partial charge in [-0.1, -0.05) is 38.5 Å². The predicted octanol–water partition coefficient (Wildman–Crippen LogP) is 5.79. The Kier molecular flexibility index (Phi) is 11.7. The molecule has 46 heavy (non-hydrogen) atoms. The molecule has 0 aromatic carbocycles. The maximum Gasteiger partial charge on any atom is 0.404 e. The number of piperazine rings is 1. The van der Waals surface area contributed by atoms with Crippen LogP contribution < -0.4 is 15.6 Å². The number of hydrogen-bond donors (Lipinski definition) is 2. The number of furan rings is 1. The van der Waals surface area contributed by atoms with Gasteiger partial charge in [0.2, 0.25) is 5.91 Å². The van der Waals surface area contributed by atoms with E-state index in [0.717, 1.165) is 74.8 Å². The Morgan fingerprint density at radius 2 is 1.80 bits per heavy atom. The van der Waals surface area contributed by atoms with Crippen LogP contribution in [0.2, 0.25) is 0 Å². The van der Waals surface area contributed by atoms with Crippen molar-refractivity contribution < 1.29 is 23.8 Å². The van der Waals surface area contributed by atoms with Crippen molar-refractivity contribution in [1.29, 1.82) is 0 Å². The van der Waals surface area contributed by atoms with Gasteiger partial charge in [0.25, 0.3) is 5.56 Å². The van der Waals surface area contributed by atoms with Gasteiger partial charge in [-0.15, -0.1) is 0 Å². The fourth-order valence-electron chi connectivity index (χ4n) is 6.25. The summed E-state index contributed by atoms with van der Waals surface area (Å²) in [5.41, 5.74) is 2.14. The zero-order valence-corrected chi connectivity index (χ0v) is 27.3. The molecular weight excluding hydrogens is 586 g/mol. The van der Waals surface area contributed by atoms with Gasteiger partial charge in [0.05, 0.1) is 24.7 Å². The van der Waals surface area contributed by atoms with Gasteiger partial charge >= 0.3 is 6.09 Å². The number of ether oxygens (including phenoxy) is 1. The number of carbonyl (C=O) groups excluding carboxylic acids is 1. The highest BCUT2D eigenvalue weighted by molar-refractivity contribution is 5.93. The zero-order valence-electron chi connectivity index (χ0n) is 27.3. The quantitative estimate of drug-likeness (QED) is 0.178. The molecule has 11 heteroatoms. The molecule has 1 atom stereocenters. The molecule has 0 bridgehead atoms. The molecule has 2 amide bonds. The van der Waals surface area contributed by atoms with Crippen molar-refractivity contribution in [3.05, 3.63) is 46.8 Å². The van der Waals surface area contributed by atoms with Crippen LogP contribution in [-0.4, -0.2) is 75.3 Å². The summed E-state index contributed by atoms with van der Waals surface area (Å²) >= 11 is 0. The SMILES string of the molecule is C[C@@H]1CN(C(=O)CCCCCCCCCCNC(=O)O)CCN1Cc1cc2c(=O)n(C)cc(-c3ccncc3OCC3CC3)c2o1. The first kappa shape index (κ1) is 33.5. The summed E-state index contributed by atoms with van der Waals surface area (Å²) in [6.07, 6.45) is 15.8. The monoisotopic (exact) mass is 635 g/mol. The molecule has 2 aliphatic rings. The Balaban J connectivity index is 1.10. The number of amides is 2. The molecule has 0 spiro atoms. The van der Waals surface area contributed by atoms with Gasteiger partial charge in [-0.05, 0) is 50.7 Å². The second-order valence-electron chi connectivity index (χ2n) is 13.0. The first-order valence-electron chi connectivity index (χ1n) is 17.0. The lowest BCUT2D eigenvalue weighted by Gasteiger charge is -2.39. The summed E-state index contributed by atoms with van der Waals surface area (Å²) in [5.74, 6) is 2.26. The molecule has 1 saturated carbocycles. The van der Waals surface area contributed by atoms with Crippen molar-refractivity contribution in [1.82, 2.24) is 24.7 Å². The second-order valence-corrected chi connectivity index (χ2v) is 13.0. The first-order chi connectivity index (χ1) is 22.3. The van der Waals surface area contributed by atoms with Gasteiger partial charge in [0, 0.05) is 69.2 Å². The normalized spacial score (nSPS) is 17.0. The van der Waals surface area contributed by atoms with Crippen molar-refractivity contribution in [2.24, 2.45) is 13.0 Å². The van der Waals surface area contributed by atoms with Crippen LogP contribution in [0, 0.1) is 5.92 Å². The van der Waals surface area contributed by atoms with Crippen LogP contribution >= 0.6 is 0 Å². The van der Waals surface area contributed by atoms with Crippen molar-refractivity contribution in [2.75, 3.05) is 32.8 Å². The third kappa shape index (κ3) is 9.11. The van der Waals surface area contributed by atoms with Gasteiger partial charge in [-0.3, -0.25) is 19.5 Å². The van der Waals surface area contributed by atoms with E-state index < -0.39 is 6.09 Å². The highest BCUT2D eigenvalue weighted by Gasteiger charge is 2.28. The molecule has 3 aromatic rings. The maximum absolute atomic E-state index is 13.1. The smallest absolute Gasteiger partial charge is 0.404 e. The number of carbonyl (C=O) groups is 2. The van der Waals surface area contributed by atoms with E-state index in [2.05, 4.69) is 22.1 Å². The lowest BCUT2D eigenvalue weighted by Crippen LogP contribution is -2.53. The molecule has 0 radical (unpaired) electrons. The van der Waals surface area contributed by atoms with Crippen LogP contribution in [0.4, 0.5) is 4.79 Å². The van der Waals surface area contributed by atoms with E-state index in [9.17, 15) is 14.4 Å². The van der Waals surface area contributed by atoms with E-state index >= 15 is 0 Å². The average molecular weight is 636 g/mol. The highest BCUT2D eigenvalue weighted by Crippen LogP contribution is 2.37. The van der Waals surface area contributed by atoms with Gasteiger partial charge in [0.15, 0.2) is 0 Å². The Hall–Kier alpha value is -3.86. The number of fused-ring (bicyclic) bond motifs is 1. The summed E-state index contributed by atoms with van der Waals surface area (Å²) < 4.78 is 14.1. The maximum atomic E-state index is 13.1. The molecule has 5 rings (SSSR count). The second kappa shape index (κ2) is 16.1. The average Bonchev–Trinajstić information content (AvgIpc) is 3.78. The van der Waals surface area contributed by atoms with Crippen LogP contribution in [0.1, 0.15) is 83.3 Å². The lowest BCUT2D eigenvalue weighted by atomic mass is 10.1. The highest BCUT2D eigenvalue weighted by atomic mass is 16.5. The largest absolute Gasteiger partial charge is 0.491 e. The predicted molar refractivity (Wildman–Crippen MR) is 177 cm³/mol. The third-order valence-corrected chi connectivity index (χ3v) is 9.22. The Labute approximate surface area is 270 Å². The summed E-state index contributed by atoms with van der Waals surface area (Å²) in [5, 5.41) is 11.5. The summed E-state index contributed by atoms with van der Waals surface area (Å²) in [6.45, 7) is 6.02. The Morgan fingerprint density at radius 1 is 1.07 bits per heavy atom. The molecule has 250 valence electrons. The Bertz CT molecular complexity index is 1530. The van der Waals surface area contributed by atoms with E-state index in [1.807, 2.05) is 23.2 Å². The van der Waals surface area contributed by atoms with E-state index in [1.54, 1.807) is 24.0 Å². The molecule has 1 saturated heterocycles. The van der Waals surface area contributed by atoms with E-state index in [4.69, 9.17) is 14.3 Å². The van der Waals surface area contributed by atoms with Crippen molar-refractivity contribution in [2.45, 2.75) is 90.1 Å². The number of rotatable bonds is 17. The number of nitrogens with one attached hydrogen (secondary N) is 1. The standard InChI is InChI=1S/C35H49N5O6/c1-25-21-40(32(41)11-9-7-5-3-4-6-8-10-15-37-35(43)44)18-17-39(25)22-27-19-29-33(46-27)30(23-38(2)34(29)42)28-14-16-36-20-31(28)45-24-26-12-13-26/h14,16,19-20,23,25-26,37H,3-13,15,17-18,21-22,24H2,1-2H3,(H,43,44)/t25-/m1/s1. The molecule has 3 aromatic heterocycles. The van der Waals surface area contributed by atoms with E-state index in [-0.39, 0.29) is 17.5 Å². The Morgan fingerprint density at radius 3 is 2.52 bits per heavy atom. The van der Waals surface area contributed by atoms with Crippen molar-refractivity contribution in [3.63, 3.8) is 0 Å². The molecule has 1 aliphatic carbocycles. The van der Waals surface area contributed by atoms with Gasteiger partial charge in [-0.25, -0.2) is 4.79 Å². The summed E-state index contributed by atoms with van der Waals surface area (Å²) in [6, 6.07) is 3.95. The number of aryl methyl sites for hydroxylation is 1. The van der Waals surface area contributed by atoms with Crippen LogP contribution in [0.15, 0.2) is 39.9 Å². The number of aromatic nitrogens is 2. The first-order valence-corrected chi connectivity index (χ1v) is 17.0. The van der Waals surface area contributed by atoms with Gasteiger partial charge in [0.1, 0.15) is 17.1 Å². The fourth-order valence-corrected chi connectivity index (χ4v) is 6.25. The van der Waals surface area contributed by atoms with Crippen molar-refractivity contribution >= 4 is 23.0 Å². The zero-order chi connectivity index (χ0) is 32.5. The minimum Gasteiger partial charge on any atom is -0.491 e.